The van der Waals surface area contributed by atoms with E-state index in [1.54, 1.807) is 0 Å². The Hall–Kier alpha value is -0.670. The molecule has 0 aromatic rings. The number of carbonyl (C=O) groups is 1. The molecule has 1 fully saturated rings. The minimum absolute atomic E-state index is 0.0851. The summed E-state index contributed by atoms with van der Waals surface area (Å²) in [6.45, 7) is 1.22. The second-order valence-corrected chi connectivity index (χ2v) is 3.80. The number of Topliss-reactive ketones (excluding diaryl/α,β-unsaturated/α-hetero) is 1. The van der Waals surface area contributed by atoms with E-state index in [1.807, 2.05) is 6.08 Å². The van der Waals surface area contributed by atoms with Gasteiger partial charge in [0.2, 0.25) is 0 Å². The lowest BCUT2D eigenvalue weighted by Gasteiger charge is -2.22. The molecule has 0 N–H and O–H groups in total. The summed E-state index contributed by atoms with van der Waals surface area (Å²) >= 11 is 0. The van der Waals surface area contributed by atoms with Crippen molar-refractivity contribution < 1.29 is 14.3 Å². The molecule has 3 heteroatoms. The summed E-state index contributed by atoms with van der Waals surface area (Å²) in [6, 6.07) is 0. The van der Waals surface area contributed by atoms with E-state index < -0.39 is 0 Å². The van der Waals surface area contributed by atoms with E-state index in [1.165, 1.54) is 0 Å². The van der Waals surface area contributed by atoms with Gasteiger partial charge in [0.25, 0.3) is 0 Å². The molecule has 1 heterocycles. The molecule has 78 valence electrons. The maximum absolute atomic E-state index is 11.3. The lowest BCUT2D eigenvalue weighted by Crippen LogP contribution is -2.23. The Kier molecular flexibility index (Phi) is 3.32. The number of rotatable bonds is 3. The number of carbonyl (C=O) groups excluding carboxylic acids is 1. The lowest BCUT2D eigenvalue weighted by atomic mass is 10.2. The highest BCUT2D eigenvalue weighted by Gasteiger charge is 2.18. The van der Waals surface area contributed by atoms with Crippen molar-refractivity contribution in [3.05, 3.63) is 11.6 Å². The minimum Gasteiger partial charge on any atom is -0.353 e. The highest BCUT2D eigenvalue weighted by Crippen LogP contribution is 2.18. The molecule has 1 aliphatic carbocycles. The smallest absolute Gasteiger partial charge is 0.161 e. The van der Waals surface area contributed by atoms with Gasteiger partial charge >= 0.3 is 0 Å². The van der Waals surface area contributed by atoms with Crippen molar-refractivity contribution in [3.63, 3.8) is 0 Å². The van der Waals surface area contributed by atoms with Gasteiger partial charge in [0.05, 0.1) is 6.61 Å². The Labute approximate surface area is 84.1 Å². The van der Waals surface area contributed by atoms with E-state index in [9.17, 15) is 4.79 Å². The molecule has 0 amide bonds. The summed E-state index contributed by atoms with van der Waals surface area (Å²) < 4.78 is 10.9. The first-order valence-electron chi connectivity index (χ1n) is 5.32. The summed E-state index contributed by atoms with van der Waals surface area (Å²) in [7, 11) is 0. The molecule has 2 rings (SSSR count). The van der Waals surface area contributed by atoms with Gasteiger partial charge in [-0.1, -0.05) is 6.08 Å². The van der Waals surface area contributed by atoms with Crippen molar-refractivity contribution in [3.8, 4) is 0 Å². The van der Waals surface area contributed by atoms with Gasteiger partial charge in [0.15, 0.2) is 12.1 Å². The van der Waals surface area contributed by atoms with Gasteiger partial charge in [0, 0.05) is 18.6 Å². The quantitative estimate of drug-likeness (QED) is 0.690. The second-order valence-electron chi connectivity index (χ2n) is 3.80. The molecular formula is C11H16O3. The molecule has 0 aromatic carbocycles. The molecule has 0 radical (unpaired) electrons. The van der Waals surface area contributed by atoms with Crippen molar-refractivity contribution in [2.45, 2.75) is 38.4 Å². The van der Waals surface area contributed by atoms with Gasteiger partial charge < -0.3 is 9.47 Å². The zero-order chi connectivity index (χ0) is 9.80. The summed E-state index contributed by atoms with van der Waals surface area (Å²) in [6.07, 6.45) is 6.68. The molecule has 0 spiro atoms. The van der Waals surface area contributed by atoms with E-state index in [0.29, 0.717) is 13.0 Å². The molecule has 2 aliphatic rings. The van der Waals surface area contributed by atoms with Gasteiger partial charge in [-0.15, -0.1) is 0 Å². The maximum Gasteiger partial charge on any atom is 0.161 e. The van der Waals surface area contributed by atoms with Crippen LogP contribution in [0.5, 0.6) is 0 Å². The average molecular weight is 196 g/mol. The molecule has 0 aromatic heterocycles. The Morgan fingerprint density at radius 1 is 1.50 bits per heavy atom. The van der Waals surface area contributed by atoms with Crippen LogP contribution in [0.1, 0.15) is 32.1 Å². The van der Waals surface area contributed by atoms with E-state index in [0.717, 1.165) is 37.9 Å². The molecule has 1 aliphatic heterocycles. The van der Waals surface area contributed by atoms with Crippen LogP contribution in [0.25, 0.3) is 0 Å². The van der Waals surface area contributed by atoms with Crippen LogP contribution in [0, 0.1) is 0 Å². The summed E-state index contributed by atoms with van der Waals surface area (Å²) in [5, 5.41) is 0. The highest BCUT2D eigenvalue weighted by atomic mass is 16.7. The Balaban J connectivity index is 1.73. The van der Waals surface area contributed by atoms with E-state index in [-0.39, 0.29) is 12.1 Å². The van der Waals surface area contributed by atoms with Gasteiger partial charge in [-0.05, 0) is 25.7 Å². The third-order valence-electron chi connectivity index (χ3n) is 2.68. The molecule has 0 bridgehead atoms. The highest BCUT2D eigenvalue weighted by molar-refractivity contribution is 5.97. The molecular weight excluding hydrogens is 180 g/mol. The van der Waals surface area contributed by atoms with Crippen molar-refractivity contribution in [2.24, 2.45) is 0 Å². The van der Waals surface area contributed by atoms with E-state index in [4.69, 9.17) is 9.47 Å². The second kappa shape index (κ2) is 4.71. The first kappa shape index (κ1) is 9.87. The zero-order valence-corrected chi connectivity index (χ0v) is 8.33. The molecule has 14 heavy (non-hydrogen) atoms. The Morgan fingerprint density at radius 2 is 2.43 bits per heavy atom. The van der Waals surface area contributed by atoms with Crippen LogP contribution in [0.4, 0.5) is 0 Å². The third-order valence-corrected chi connectivity index (χ3v) is 2.68. The molecule has 1 saturated heterocycles. The van der Waals surface area contributed by atoms with Crippen molar-refractivity contribution in [1.82, 2.24) is 0 Å². The van der Waals surface area contributed by atoms with Crippen LogP contribution in [0.2, 0.25) is 0 Å². The molecule has 1 unspecified atom stereocenters. The number of hydrogen-bond acceptors (Lipinski definition) is 3. The van der Waals surface area contributed by atoms with Crippen LogP contribution < -0.4 is 0 Å². The number of hydrogen-bond donors (Lipinski definition) is 0. The number of ketones is 1. The van der Waals surface area contributed by atoms with Gasteiger partial charge in [-0.2, -0.15) is 0 Å². The van der Waals surface area contributed by atoms with Crippen LogP contribution in [-0.2, 0) is 14.3 Å². The Bertz CT molecular complexity index is 239. The van der Waals surface area contributed by atoms with Gasteiger partial charge in [0.1, 0.15) is 0 Å². The van der Waals surface area contributed by atoms with E-state index >= 15 is 0 Å². The van der Waals surface area contributed by atoms with Crippen LogP contribution >= 0.6 is 0 Å². The lowest BCUT2D eigenvalue weighted by molar-refractivity contribution is -0.157. The minimum atomic E-state index is -0.0851. The zero-order valence-electron chi connectivity index (χ0n) is 8.33. The van der Waals surface area contributed by atoms with Crippen molar-refractivity contribution in [2.75, 3.05) is 13.2 Å². The standard InChI is InChI=1S/C11H16O3/c12-10-5-3-4-9(10)8-14-11-6-1-2-7-13-11/h4,11H,1-3,5-8H2. The SMILES string of the molecule is O=C1CCC=C1COC1CCCCO1. The summed E-state index contributed by atoms with van der Waals surface area (Å²) in [4.78, 5) is 11.3. The predicted octanol–water partition coefficient (Wildman–Crippen LogP) is 1.82. The molecule has 3 nitrogen and oxygen atoms in total. The molecule has 0 saturated carbocycles. The fourth-order valence-electron chi connectivity index (χ4n) is 1.82. The third kappa shape index (κ3) is 2.42. The number of ether oxygens (including phenoxy) is 2. The van der Waals surface area contributed by atoms with Crippen LogP contribution in [-0.4, -0.2) is 25.3 Å². The fourth-order valence-corrected chi connectivity index (χ4v) is 1.82. The normalized spacial score (nSPS) is 27.9. The monoisotopic (exact) mass is 196 g/mol. The summed E-state index contributed by atoms with van der Waals surface area (Å²) in [5.74, 6) is 0.237. The first-order chi connectivity index (χ1) is 6.86. The van der Waals surface area contributed by atoms with Crippen molar-refractivity contribution >= 4 is 5.78 Å². The predicted molar refractivity (Wildman–Crippen MR) is 51.9 cm³/mol. The van der Waals surface area contributed by atoms with Gasteiger partial charge in [-0.25, -0.2) is 0 Å². The fraction of sp³-hybridized carbons (Fsp3) is 0.727. The van der Waals surface area contributed by atoms with Crippen molar-refractivity contribution in [1.29, 1.82) is 0 Å². The number of allylic oxidation sites excluding steroid dienone is 1. The Morgan fingerprint density at radius 3 is 3.07 bits per heavy atom. The van der Waals surface area contributed by atoms with Crippen LogP contribution in [0.15, 0.2) is 11.6 Å². The average Bonchev–Trinajstić information content (AvgIpc) is 2.63. The first-order valence-corrected chi connectivity index (χ1v) is 5.32. The van der Waals surface area contributed by atoms with E-state index in [2.05, 4.69) is 0 Å². The topological polar surface area (TPSA) is 35.5 Å². The maximum atomic E-state index is 11.3. The van der Waals surface area contributed by atoms with Crippen LogP contribution in [0.3, 0.4) is 0 Å². The molecule has 1 atom stereocenters. The summed E-state index contributed by atoms with van der Waals surface area (Å²) in [5.41, 5.74) is 0.833. The van der Waals surface area contributed by atoms with Gasteiger partial charge in [-0.3, -0.25) is 4.79 Å². The largest absolute Gasteiger partial charge is 0.353 e.